The van der Waals surface area contributed by atoms with E-state index in [9.17, 15) is 9.59 Å². The third-order valence-electron chi connectivity index (χ3n) is 3.37. The van der Waals surface area contributed by atoms with Gasteiger partial charge < -0.3 is 5.32 Å². The minimum atomic E-state index is -0.243. The van der Waals surface area contributed by atoms with Gasteiger partial charge in [-0.15, -0.1) is 0 Å². The summed E-state index contributed by atoms with van der Waals surface area (Å²) < 4.78 is 1.31. The van der Waals surface area contributed by atoms with Crippen LogP contribution in [0, 0.1) is 0 Å². The maximum atomic E-state index is 12.3. The first-order chi connectivity index (χ1) is 11.2. The molecule has 0 aliphatic rings. The maximum absolute atomic E-state index is 12.3. The molecular formula is C16H15N5O2. The first-order valence-corrected chi connectivity index (χ1v) is 7.20. The molecule has 23 heavy (non-hydrogen) atoms. The summed E-state index contributed by atoms with van der Waals surface area (Å²) in [5.41, 5.74) is 1.20. The molecule has 116 valence electrons. The van der Waals surface area contributed by atoms with Crippen LogP contribution < -0.4 is 10.9 Å². The van der Waals surface area contributed by atoms with E-state index in [4.69, 9.17) is 0 Å². The largest absolute Gasteiger partial charge is 0.354 e. The first-order valence-electron chi connectivity index (χ1n) is 7.20. The van der Waals surface area contributed by atoms with Crippen molar-refractivity contribution in [3.05, 3.63) is 65.2 Å². The molecular weight excluding hydrogens is 294 g/mol. The van der Waals surface area contributed by atoms with Crippen molar-refractivity contribution < 1.29 is 4.79 Å². The van der Waals surface area contributed by atoms with Gasteiger partial charge in [0.15, 0.2) is 0 Å². The molecule has 2 heterocycles. The van der Waals surface area contributed by atoms with Crippen molar-refractivity contribution in [3.8, 4) is 0 Å². The van der Waals surface area contributed by atoms with Crippen LogP contribution in [-0.2, 0) is 17.8 Å². The summed E-state index contributed by atoms with van der Waals surface area (Å²) >= 11 is 0. The molecule has 0 aliphatic carbocycles. The van der Waals surface area contributed by atoms with Gasteiger partial charge in [-0.2, -0.15) is 0 Å². The minimum absolute atomic E-state index is 0.0584. The average Bonchev–Trinajstić information content (AvgIpc) is 2.59. The van der Waals surface area contributed by atoms with E-state index < -0.39 is 0 Å². The van der Waals surface area contributed by atoms with E-state index in [1.165, 1.54) is 10.9 Å². The van der Waals surface area contributed by atoms with Crippen LogP contribution in [0.3, 0.4) is 0 Å². The van der Waals surface area contributed by atoms with Crippen LogP contribution in [-0.4, -0.2) is 32.0 Å². The second kappa shape index (κ2) is 6.78. The van der Waals surface area contributed by atoms with Crippen LogP contribution in [0.15, 0.2) is 54.0 Å². The van der Waals surface area contributed by atoms with Gasteiger partial charge in [0.05, 0.1) is 22.9 Å². The average molecular weight is 309 g/mol. The van der Waals surface area contributed by atoms with E-state index in [0.717, 1.165) is 5.69 Å². The Labute approximate surface area is 132 Å². The minimum Gasteiger partial charge on any atom is -0.354 e. The van der Waals surface area contributed by atoms with E-state index in [2.05, 4.69) is 20.3 Å². The number of carbonyl (C=O) groups excluding carboxylic acids is 1. The second-order valence-electron chi connectivity index (χ2n) is 4.99. The topological polar surface area (TPSA) is 89.8 Å². The summed E-state index contributed by atoms with van der Waals surface area (Å²) in [5.74, 6) is -0.243. The Balaban J connectivity index is 1.62. The Morgan fingerprint density at radius 1 is 1.17 bits per heavy atom. The third-order valence-corrected chi connectivity index (χ3v) is 3.37. The van der Waals surface area contributed by atoms with Crippen molar-refractivity contribution in [1.29, 1.82) is 0 Å². The van der Waals surface area contributed by atoms with Gasteiger partial charge >= 0.3 is 0 Å². The molecule has 0 spiro atoms. The fourth-order valence-electron chi connectivity index (χ4n) is 2.22. The molecule has 0 saturated heterocycles. The number of nitrogens with zero attached hydrogens (tertiary/aromatic N) is 4. The Morgan fingerprint density at radius 2 is 2.04 bits per heavy atom. The van der Waals surface area contributed by atoms with Crippen LogP contribution in [0.2, 0.25) is 0 Å². The lowest BCUT2D eigenvalue weighted by molar-refractivity contribution is -0.121. The summed E-state index contributed by atoms with van der Waals surface area (Å²) in [7, 11) is 0. The van der Waals surface area contributed by atoms with E-state index in [1.54, 1.807) is 36.8 Å². The second-order valence-corrected chi connectivity index (χ2v) is 4.99. The molecule has 7 nitrogen and oxygen atoms in total. The standard InChI is InChI=1S/C16H15N5O2/c22-15(19-6-5-12-9-17-7-8-18-12)10-21-11-20-14-4-2-1-3-13(14)16(21)23/h1-4,7-9,11H,5-6,10H2,(H,19,22). The van der Waals surface area contributed by atoms with Gasteiger partial charge in [-0.25, -0.2) is 4.98 Å². The zero-order valence-electron chi connectivity index (χ0n) is 12.3. The van der Waals surface area contributed by atoms with Gasteiger partial charge in [-0.3, -0.25) is 24.1 Å². The molecule has 0 unspecified atom stereocenters. The number of aromatic nitrogens is 4. The lowest BCUT2D eigenvalue weighted by Gasteiger charge is -2.07. The summed E-state index contributed by atoms with van der Waals surface area (Å²) in [6.07, 6.45) is 6.85. The number of rotatable bonds is 5. The fourth-order valence-corrected chi connectivity index (χ4v) is 2.22. The number of nitrogens with one attached hydrogen (secondary N) is 1. The van der Waals surface area contributed by atoms with Gasteiger partial charge in [0.25, 0.3) is 5.56 Å². The maximum Gasteiger partial charge on any atom is 0.261 e. The van der Waals surface area contributed by atoms with Crippen LogP contribution in [0.5, 0.6) is 0 Å². The number of benzene rings is 1. The number of amides is 1. The van der Waals surface area contributed by atoms with E-state index in [-0.39, 0.29) is 18.0 Å². The molecule has 1 amide bonds. The summed E-state index contributed by atoms with van der Waals surface area (Å²) in [4.78, 5) is 36.5. The molecule has 2 aromatic heterocycles. The van der Waals surface area contributed by atoms with Crippen molar-refractivity contribution >= 4 is 16.8 Å². The van der Waals surface area contributed by atoms with Crippen molar-refractivity contribution in [3.63, 3.8) is 0 Å². The van der Waals surface area contributed by atoms with Gasteiger partial charge in [0.1, 0.15) is 6.54 Å². The first kappa shape index (κ1) is 14.8. The fraction of sp³-hybridized carbons (Fsp3) is 0.188. The molecule has 3 aromatic rings. The molecule has 0 radical (unpaired) electrons. The molecule has 1 N–H and O–H groups in total. The highest BCUT2D eigenvalue weighted by Crippen LogP contribution is 2.04. The number of hydrogen-bond donors (Lipinski definition) is 1. The number of carbonyl (C=O) groups is 1. The summed E-state index contributed by atoms with van der Waals surface area (Å²) in [6, 6.07) is 7.06. The van der Waals surface area contributed by atoms with Gasteiger partial charge in [0.2, 0.25) is 5.91 Å². The normalized spacial score (nSPS) is 10.6. The zero-order chi connectivity index (χ0) is 16.1. The van der Waals surface area contributed by atoms with Gasteiger partial charge in [-0.1, -0.05) is 12.1 Å². The van der Waals surface area contributed by atoms with Gasteiger partial charge in [0, 0.05) is 31.6 Å². The molecule has 0 bridgehead atoms. The number of para-hydroxylation sites is 1. The zero-order valence-corrected chi connectivity index (χ0v) is 12.3. The van der Waals surface area contributed by atoms with Crippen LogP contribution >= 0.6 is 0 Å². The Bertz CT molecular complexity index is 876. The quantitative estimate of drug-likeness (QED) is 0.743. The van der Waals surface area contributed by atoms with Crippen LogP contribution in [0.4, 0.5) is 0 Å². The van der Waals surface area contributed by atoms with Crippen molar-refractivity contribution in [1.82, 2.24) is 24.8 Å². The molecule has 0 aliphatic heterocycles. The van der Waals surface area contributed by atoms with E-state index in [0.29, 0.717) is 23.9 Å². The van der Waals surface area contributed by atoms with Gasteiger partial charge in [-0.05, 0) is 12.1 Å². The highest BCUT2D eigenvalue weighted by molar-refractivity contribution is 5.78. The highest BCUT2D eigenvalue weighted by atomic mass is 16.2. The molecule has 0 fully saturated rings. The smallest absolute Gasteiger partial charge is 0.261 e. The Hall–Kier alpha value is -3.09. The lowest BCUT2D eigenvalue weighted by Crippen LogP contribution is -2.33. The van der Waals surface area contributed by atoms with Crippen LogP contribution in [0.25, 0.3) is 10.9 Å². The third kappa shape index (κ3) is 3.57. The predicted octanol–water partition coefficient (Wildman–Crippen LogP) is 0.545. The van der Waals surface area contributed by atoms with Crippen LogP contribution in [0.1, 0.15) is 5.69 Å². The van der Waals surface area contributed by atoms with E-state index in [1.807, 2.05) is 6.07 Å². The molecule has 0 atom stereocenters. The molecule has 3 rings (SSSR count). The summed E-state index contributed by atoms with van der Waals surface area (Å²) in [6.45, 7) is 0.379. The van der Waals surface area contributed by atoms with Crippen molar-refractivity contribution in [2.24, 2.45) is 0 Å². The summed E-state index contributed by atoms with van der Waals surface area (Å²) in [5, 5.41) is 3.26. The molecule has 1 aromatic carbocycles. The lowest BCUT2D eigenvalue weighted by atomic mass is 10.2. The Kier molecular flexibility index (Phi) is 4.37. The van der Waals surface area contributed by atoms with Crippen molar-refractivity contribution in [2.75, 3.05) is 6.54 Å². The molecule has 0 saturated carbocycles. The predicted molar refractivity (Wildman–Crippen MR) is 84.7 cm³/mol. The highest BCUT2D eigenvalue weighted by Gasteiger charge is 2.07. The molecule has 7 heteroatoms. The number of hydrogen-bond acceptors (Lipinski definition) is 5. The Morgan fingerprint density at radius 3 is 2.87 bits per heavy atom. The monoisotopic (exact) mass is 309 g/mol. The van der Waals surface area contributed by atoms with E-state index >= 15 is 0 Å². The number of fused-ring (bicyclic) bond motifs is 1. The SMILES string of the molecule is O=C(Cn1cnc2ccccc2c1=O)NCCc1cnccn1. The van der Waals surface area contributed by atoms with Crippen molar-refractivity contribution in [2.45, 2.75) is 13.0 Å².